The Morgan fingerprint density at radius 3 is 2.12 bits per heavy atom. The summed E-state index contributed by atoms with van der Waals surface area (Å²) < 4.78 is 5.31. The minimum Gasteiger partial charge on any atom is -0.494 e. The third kappa shape index (κ3) is 8.72. The highest BCUT2D eigenvalue weighted by molar-refractivity contribution is 5.27. The first-order valence-corrected chi connectivity index (χ1v) is 6.43. The molecule has 0 aliphatic carbocycles. The molecule has 3 N–H and O–H groups in total. The lowest BCUT2D eigenvalue weighted by atomic mass is 10.2. The van der Waals surface area contributed by atoms with Gasteiger partial charge in [-0.25, -0.2) is 0 Å². The Morgan fingerprint density at radius 1 is 1.12 bits per heavy atom. The zero-order valence-electron chi connectivity index (χ0n) is 11.3. The lowest BCUT2D eigenvalue weighted by Gasteiger charge is -2.02. The largest absolute Gasteiger partial charge is 0.494 e. The molecule has 0 aliphatic rings. The molecule has 0 fully saturated rings. The highest BCUT2D eigenvalue weighted by Gasteiger charge is 1.90. The zero-order chi connectivity index (χ0) is 12.9. The molecule has 0 saturated carbocycles. The van der Waals surface area contributed by atoms with E-state index in [1.807, 2.05) is 19.1 Å². The second kappa shape index (κ2) is 11.4. The molecule has 1 aromatic carbocycles. The summed E-state index contributed by atoms with van der Waals surface area (Å²) in [7, 11) is 0. The van der Waals surface area contributed by atoms with E-state index in [2.05, 4.69) is 31.4 Å². The summed E-state index contributed by atoms with van der Waals surface area (Å²) in [6.07, 6.45) is 3.48. The van der Waals surface area contributed by atoms with E-state index in [-0.39, 0.29) is 0 Å². The Labute approximate surface area is 105 Å². The first kappa shape index (κ1) is 15.9. The van der Waals surface area contributed by atoms with Gasteiger partial charge in [-0.15, -0.1) is 0 Å². The fourth-order valence-corrected chi connectivity index (χ4v) is 1.27. The average Bonchev–Trinajstić information content (AvgIpc) is 2.38. The number of hydrogen-bond acceptors (Lipinski definition) is 3. The standard InChI is InChI=1S/C10H14O.C4H12N2/c1-3-9-5-7-10(8-6-9)11-4-2;1-2-3-4-6-5/h5-8H,3-4H2,1-2H3;6H,2-5H2,1H3. The molecule has 1 aromatic rings. The fraction of sp³-hybridized carbons (Fsp3) is 0.571. The highest BCUT2D eigenvalue weighted by atomic mass is 16.5. The monoisotopic (exact) mass is 238 g/mol. The van der Waals surface area contributed by atoms with Gasteiger partial charge in [-0.1, -0.05) is 32.4 Å². The maximum absolute atomic E-state index is 5.31. The van der Waals surface area contributed by atoms with E-state index in [0.29, 0.717) is 0 Å². The molecule has 0 heterocycles. The SMILES string of the molecule is CCCCNN.CCOc1ccc(CC)cc1. The summed E-state index contributed by atoms with van der Waals surface area (Å²) in [4.78, 5) is 0. The lowest BCUT2D eigenvalue weighted by Crippen LogP contribution is -2.22. The van der Waals surface area contributed by atoms with Gasteiger partial charge in [0.25, 0.3) is 0 Å². The van der Waals surface area contributed by atoms with Crippen molar-refractivity contribution in [2.45, 2.75) is 40.0 Å². The quantitative estimate of drug-likeness (QED) is 0.455. The van der Waals surface area contributed by atoms with Crippen LogP contribution in [0.1, 0.15) is 39.2 Å². The van der Waals surface area contributed by atoms with Crippen LogP contribution in [-0.2, 0) is 6.42 Å². The van der Waals surface area contributed by atoms with Gasteiger partial charge < -0.3 is 4.74 Å². The van der Waals surface area contributed by atoms with Gasteiger partial charge in [0.1, 0.15) is 5.75 Å². The molecule has 0 radical (unpaired) electrons. The van der Waals surface area contributed by atoms with Crippen molar-refractivity contribution in [2.24, 2.45) is 5.84 Å². The molecule has 3 nitrogen and oxygen atoms in total. The van der Waals surface area contributed by atoms with Gasteiger partial charge in [0.05, 0.1) is 6.61 Å². The summed E-state index contributed by atoms with van der Waals surface area (Å²) in [5.74, 6) is 5.93. The van der Waals surface area contributed by atoms with E-state index in [1.165, 1.54) is 18.4 Å². The van der Waals surface area contributed by atoms with Crippen molar-refractivity contribution in [2.75, 3.05) is 13.2 Å². The minimum atomic E-state index is 0.742. The molecule has 3 heteroatoms. The van der Waals surface area contributed by atoms with Crippen molar-refractivity contribution in [1.29, 1.82) is 0 Å². The number of hydrazine groups is 1. The van der Waals surface area contributed by atoms with Crippen LogP contribution in [0.25, 0.3) is 0 Å². The third-order valence-electron chi connectivity index (χ3n) is 2.32. The van der Waals surface area contributed by atoms with Crippen molar-refractivity contribution in [3.05, 3.63) is 29.8 Å². The second-order valence-electron chi connectivity index (χ2n) is 3.74. The number of ether oxygens (including phenoxy) is 1. The number of hydrogen-bond donors (Lipinski definition) is 2. The number of unbranched alkanes of at least 4 members (excludes halogenated alkanes) is 1. The van der Waals surface area contributed by atoms with Crippen LogP contribution in [0, 0.1) is 0 Å². The normalized spacial score (nSPS) is 9.41. The van der Waals surface area contributed by atoms with Crippen molar-refractivity contribution in [3.8, 4) is 5.75 Å². The van der Waals surface area contributed by atoms with Crippen molar-refractivity contribution in [3.63, 3.8) is 0 Å². The predicted octanol–water partition coefficient (Wildman–Crippen LogP) is 2.90. The molecule has 0 aliphatic heterocycles. The molecule has 0 spiro atoms. The van der Waals surface area contributed by atoms with Gasteiger partial charge >= 0.3 is 0 Å². The Bertz CT molecular complexity index is 255. The molecule has 1 rings (SSSR count). The van der Waals surface area contributed by atoms with Crippen molar-refractivity contribution >= 4 is 0 Å². The van der Waals surface area contributed by atoms with Gasteiger partial charge in [0, 0.05) is 6.54 Å². The molecule has 98 valence electrons. The maximum Gasteiger partial charge on any atom is 0.119 e. The number of benzene rings is 1. The first-order chi connectivity index (χ1) is 8.28. The van der Waals surface area contributed by atoms with E-state index in [9.17, 15) is 0 Å². The van der Waals surface area contributed by atoms with Crippen LogP contribution in [0.15, 0.2) is 24.3 Å². The van der Waals surface area contributed by atoms with Gasteiger partial charge in [-0.3, -0.25) is 11.3 Å². The first-order valence-electron chi connectivity index (χ1n) is 6.43. The molecule has 0 bridgehead atoms. The van der Waals surface area contributed by atoms with Crippen LogP contribution in [0.2, 0.25) is 0 Å². The van der Waals surface area contributed by atoms with E-state index in [4.69, 9.17) is 10.6 Å². The lowest BCUT2D eigenvalue weighted by molar-refractivity contribution is 0.340. The van der Waals surface area contributed by atoms with Crippen LogP contribution >= 0.6 is 0 Å². The van der Waals surface area contributed by atoms with Gasteiger partial charge in [-0.05, 0) is 37.5 Å². The number of nitrogens with one attached hydrogen (secondary N) is 1. The molecule has 17 heavy (non-hydrogen) atoms. The molecule has 0 aromatic heterocycles. The Balaban J connectivity index is 0.000000366. The van der Waals surface area contributed by atoms with E-state index in [1.54, 1.807) is 0 Å². The number of nitrogens with two attached hydrogens (primary N) is 1. The number of rotatable bonds is 6. The predicted molar refractivity (Wildman–Crippen MR) is 74.1 cm³/mol. The second-order valence-corrected chi connectivity index (χ2v) is 3.74. The molecule has 0 amide bonds. The zero-order valence-corrected chi connectivity index (χ0v) is 11.3. The van der Waals surface area contributed by atoms with Gasteiger partial charge in [0.15, 0.2) is 0 Å². The van der Waals surface area contributed by atoms with Crippen LogP contribution in [0.5, 0.6) is 5.75 Å². The Kier molecular flexibility index (Phi) is 10.7. The summed E-state index contributed by atoms with van der Waals surface area (Å²) in [6, 6.07) is 8.24. The van der Waals surface area contributed by atoms with E-state index >= 15 is 0 Å². The molecular weight excluding hydrogens is 212 g/mol. The van der Waals surface area contributed by atoms with Crippen molar-refractivity contribution in [1.82, 2.24) is 5.43 Å². The molecular formula is C14H26N2O. The summed E-state index contributed by atoms with van der Waals surface area (Å²) in [6.45, 7) is 7.96. The van der Waals surface area contributed by atoms with Gasteiger partial charge in [-0.2, -0.15) is 0 Å². The maximum atomic E-state index is 5.31. The van der Waals surface area contributed by atoms with Crippen LogP contribution in [0.4, 0.5) is 0 Å². The smallest absolute Gasteiger partial charge is 0.119 e. The Morgan fingerprint density at radius 2 is 1.76 bits per heavy atom. The summed E-state index contributed by atoms with van der Waals surface area (Å²) in [5, 5.41) is 0. The van der Waals surface area contributed by atoms with Crippen molar-refractivity contribution < 1.29 is 4.74 Å². The minimum absolute atomic E-state index is 0.742. The van der Waals surface area contributed by atoms with Gasteiger partial charge in [0.2, 0.25) is 0 Å². The number of aryl methyl sites for hydroxylation is 1. The highest BCUT2D eigenvalue weighted by Crippen LogP contribution is 2.11. The Hall–Kier alpha value is -1.06. The topological polar surface area (TPSA) is 47.3 Å². The molecule has 0 atom stereocenters. The van der Waals surface area contributed by atoms with Crippen LogP contribution in [0.3, 0.4) is 0 Å². The van der Waals surface area contributed by atoms with Crippen LogP contribution < -0.4 is 16.0 Å². The van der Waals surface area contributed by atoms with E-state index in [0.717, 1.165) is 25.3 Å². The van der Waals surface area contributed by atoms with E-state index < -0.39 is 0 Å². The van der Waals surface area contributed by atoms with Crippen LogP contribution in [-0.4, -0.2) is 13.2 Å². The molecule has 0 saturated heterocycles. The fourth-order valence-electron chi connectivity index (χ4n) is 1.27. The summed E-state index contributed by atoms with van der Waals surface area (Å²) >= 11 is 0. The average molecular weight is 238 g/mol. The summed E-state index contributed by atoms with van der Waals surface area (Å²) in [5.41, 5.74) is 3.92. The third-order valence-corrected chi connectivity index (χ3v) is 2.32. The molecule has 0 unspecified atom stereocenters.